The van der Waals surface area contributed by atoms with Gasteiger partial charge in [-0.05, 0) is 20.8 Å². The van der Waals surface area contributed by atoms with Crippen molar-refractivity contribution in [1.82, 2.24) is 9.62 Å². The highest BCUT2D eigenvalue weighted by Gasteiger charge is 2.31. The highest BCUT2D eigenvalue weighted by atomic mass is 32.2. The zero-order valence-electron chi connectivity index (χ0n) is 10.5. The first kappa shape index (κ1) is 14.4. The summed E-state index contributed by atoms with van der Waals surface area (Å²) in [5.74, 6) is -0.484. The largest absolute Gasteiger partial charge is 0.379 e. The van der Waals surface area contributed by atoms with E-state index in [2.05, 4.69) is 4.72 Å². The van der Waals surface area contributed by atoms with Crippen LogP contribution in [0.2, 0.25) is 0 Å². The third-order valence-electron chi connectivity index (χ3n) is 2.53. The second-order valence-corrected chi connectivity index (χ2v) is 7.47. The van der Waals surface area contributed by atoms with Crippen LogP contribution in [0.5, 0.6) is 0 Å². The zero-order chi connectivity index (χ0) is 13.1. The molecular weight excluding hydrogens is 244 g/mol. The van der Waals surface area contributed by atoms with E-state index in [9.17, 15) is 13.2 Å². The molecule has 7 heteroatoms. The summed E-state index contributed by atoms with van der Waals surface area (Å²) >= 11 is 0. The smallest absolute Gasteiger partial charge is 0.247 e. The Kier molecular flexibility index (Phi) is 4.51. The molecule has 1 fully saturated rings. The van der Waals surface area contributed by atoms with Crippen LogP contribution in [-0.4, -0.2) is 56.8 Å². The van der Waals surface area contributed by atoms with Gasteiger partial charge in [-0.1, -0.05) is 0 Å². The molecule has 1 heterocycles. The summed E-state index contributed by atoms with van der Waals surface area (Å²) in [6.07, 6.45) is 0. The van der Waals surface area contributed by atoms with Gasteiger partial charge in [0.1, 0.15) is 0 Å². The lowest BCUT2D eigenvalue weighted by Gasteiger charge is -2.26. The van der Waals surface area contributed by atoms with Crippen molar-refractivity contribution in [3.8, 4) is 0 Å². The highest BCUT2D eigenvalue weighted by molar-refractivity contribution is 7.91. The molecule has 0 saturated carbocycles. The number of sulfonamides is 1. The lowest BCUT2D eigenvalue weighted by atomic mass is 10.3. The van der Waals surface area contributed by atoms with Crippen molar-refractivity contribution in [2.45, 2.75) is 25.5 Å². The first-order valence-corrected chi connectivity index (χ1v) is 7.06. The van der Waals surface area contributed by atoms with Crippen LogP contribution in [0.1, 0.15) is 20.8 Å². The molecule has 1 saturated heterocycles. The Morgan fingerprint density at radius 1 is 1.29 bits per heavy atom. The number of ether oxygens (including phenoxy) is 1. The number of nitrogens with zero attached hydrogens (tertiary/aromatic N) is 1. The highest BCUT2D eigenvalue weighted by Crippen LogP contribution is 2.12. The molecule has 0 aromatic carbocycles. The Balaban J connectivity index is 2.49. The average molecular weight is 264 g/mol. The topological polar surface area (TPSA) is 75.7 Å². The molecule has 1 aliphatic heterocycles. The average Bonchev–Trinajstić information content (AvgIpc) is 2.16. The van der Waals surface area contributed by atoms with Crippen molar-refractivity contribution in [1.29, 1.82) is 0 Å². The van der Waals surface area contributed by atoms with Gasteiger partial charge in [0.15, 0.2) is 0 Å². The van der Waals surface area contributed by atoms with Crippen molar-refractivity contribution in [2.75, 3.05) is 32.8 Å². The van der Waals surface area contributed by atoms with E-state index in [0.717, 1.165) is 0 Å². The molecule has 0 aromatic rings. The van der Waals surface area contributed by atoms with Crippen LogP contribution in [0, 0.1) is 0 Å². The number of carbonyl (C=O) groups is 1. The van der Waals surface area contributed by atoms with Crippen molar-refractivity contribution >= 4 is 15.9 Å². The summed E-state index contributed by atoms with van der Waals surface area (Å²) in [5, 5.41) is 0. The maximum atomic E-state index is 11.7. The van der Waals surface area contributed by atoms with E-state index in [1.807, 2.05) is 4.90 Å². The van der Waals surface area contributed by atoms with Crippen molar-refractivity contribution < 1.29 is 17.9 Å². The van der Waals surface area contributed by atoms with Crippen LogP contribution in [0.15, 0.2) is 0 Å². The van der Waals surface area contributed by atoms with Gasteiger partial charge in [-0.2, -0.15) is 0 Å². The number of hydrogen-bond acceptors (Lipinski definition) is 5. The van der Waals surface area contributed by atoms with E-state index in [1.165, 1.54) is 0 Å². The maximum absolute atomic E-state index is 11.7. The summed E-state index contributed by atoms with van der Waals surface area (Å²) in [6, 6.07) is 0. The number of nitrogens with one attached hydrogen (secondary N) is 1. The Hall–Kier alpha value is -0.660. The van der Waals surface area contributed by atoms with Crippen LogP contribution < -0.4 is 4.72 Å². The first-order valence-electron chi connectivity index (χ1n) is 5.58. The molecule has 1 amide bonds. The van der Waals surface area contributed by atoms with Gasteiger partial charge in [-0.3, -0.25) is 14.4 Å². The minimum atomic E-state index is -3.61. The Bertz CT molecular complexity index is 366. The number of carbonyl (C=O) groups excluding carboxylic acids is 1. The van der Waals surface area contributed by atoms with E-state index in [1.54, 1.807) is 20.8 Å². The van der Waals surface area contributed by atoms with Crippen LogP contribution in [0.3, 0.4) is 0 Å². The van der Waals surface area contributed by atoms with Crippen molar-refractivity contribution in [3.05, 3.63) is 0 Å². The second kappa shape index (κ2) is 5.32. The summed E-state index contributed by atoms with van der Waals surface area (Å²) in [4.78, 5) is 13.5. The van der Waals surface area contributed by atoms with Crippen LogP contribution >= 0.6 is 0 Å². The molecule has 0 atom stereocenters. The molecule has 0 aliphatic carbocycles. The molecule has 100 valence electrons. The molecule has 0 aromatic heterocycles. The summed E-state index contributed by atoms with van der Waals surface area (Å²) in [7, 11) is -3.61. The molecule has 0 unspecified atom stereocenters. The molecule has 6 nitrogen and oxygen atoms in total. The minimum absolute atomic E-state index is 0.0959. The van der Waals surface area contributed by atoms with Gasteiger partial charge in [0, 0.05) is 13.1 Å². The fourth-order valence-corrected chi connectivity index (χ4v) is 1.97. The lowest BCUT2D eigenvalue weighted by Crippen LogP contribution is -2.48. The Labute approximate surface area is 102 Å². The SMILES string of the molecule is CC(C)(C)S(=O)(=O)NC(=O)CN1CCOCC1. The van der Waals surface area contributed by atoms with Gasteiger partial charge in [0.25, 0.3) is 0 Å². The van der Waals surface area contributed by atoms with Gasteiger partial charge < -0.3 is 4.74 Å². The predicted octanol–water partition coefficient (Wildman–Crippen LogP) is -0.437. The predicted molar refractivity (Wildman–Crippen MR) is 64.1 cm³/mol. The fraction of sp³-hybridized carbons (Fsp3) is 0.900. The Morgan fingerprint density at radius 3 is 2.29 bits per heavy atom. The molecule has 1 rings (SSSR count). The van der Waals surface area contributed by atoms with Gasteiger partial charge in [-0.15, -0.1) is 0 Å². The lowest BCUT2D eigenvalue weighted by molar-refractivity contribution is -0.121. The molecule has 0 bridgehead atoms. The van der Waals surface area contributed by atoms with Gasteiger partial charge in [0.2, 0.25) is 15.9 Å². The molecule has 1 aliphatic rings. The monoisotopic (exact) mass is 264 g/mol. The van der Waals surface area contributed by atoms with Gasteiger partial charge >= 0.3 is 0 Å². The summed E-state index contributed by atoms with van der Waals surface area (Å²) in [6.45, 7) is 7.23. The number of rotatable bonds is 3. The number of morpholine rings is 1. The van der Waals surface area contributed by atoms with Crippen molar-refractivity contribution in [3.63, 3.8) is 0 Å². The van der Waals surface area contributed by atoms with Crippen LogP contribution in [-0.2, 0) is 19.6 Å². The summed E-state index contributed by atoms with van der Waals surface area (Å²) in [5.41, 5.74) is 0. The maximum Gasteiger partial charge on any atom is 0.247 e. The first-order chi connectivity index (χ1) is 7.72. The molecule has 0 spiro atoms. The number of amides is 1. The quantitative estimate of drug-likeness (QED) is 0.748. The molecule has 17 heavy (non-hydrogen) atoms. The summed E-state index contributed by atoms with van der Waals surface area (Å²) < 4.78 is 29.7. The van der Waals surface area contributed by atoms with Crippen LogP contribution in [0.25, 0.3) is 0 Å². The van der Waals surface area contributed by atoms with E-state index in [4.69, 9.17) is 4.74 Å². The van der Waals surface area contributed by atoms with Crippen molar-refractivity contribution in [2.24, 2.45) is 0 Å². The Morgan fingerprint density at radius 2 is 1.82 bits per heavy atom. The molecule has 1 N–H and O–H groups in total. The standard InChI is InChI=1S/C10H20N2O4S/c1-10(2,3)17(14,15)11-9(13)8-12-4-6-16-7-5-12/h4-8H2,1-3H3,(H,11,13). The van der Waals surface area contributed by atoms with Gasteiger partial charge in [0.05, 0.1) is 24.5 Å². The minimum Gasteiger partial charge on any atom is -0.379 e. The van der Waals surface area contributed by atoms with E-state index >= 15 is 0 Å². The normalized spacial score (nSPS) is 19.0. The fourth-order valence-electron chi connectivity index (χ4n) is 1.30. The van der Waals surface area contributed by atoms with E-state index in [-0.39, 0.29) is 6.54 Å². The van der Waals surface area contributed by atoms with E-state index in [0.29, 0.717) is 26.3 Å². The van der Waals surface area contributed by atoms with Crippen LogP contribution in [0.4, 0.5) is 0 Å². The zero-order valence-corrected chi connectivity index (χ0v) is 11.3. The van der Waals surface area contributed by atoms with Gasteiger partial charge in [-0.25, -0.2) is 8.42 Å². The second-order valence-electron chi connectivity index (χ2n) is 5.03. The third-order valence-corrected chi connectivity index (χ3v) is 4.63. The van der Waals surface area contributed by atoms with E-state index < -0.39 is 20.7 Å². The number of hydrogen-bond donors (Lipinski definition) is 1. The molecule has 0 radical (unpaired) electrons. The molecular formula is C10H20N2O4S. The third kappa shape index (κ3) is 4.25.